The fourth-order valence-corrected chi connectivity index (χ4v) is 2.91. The molecule has 2 nitrogen and oxygen atoms in total. The maximum absolute atomic E-state index is 5.66. The molecule has 0 unspecified atom stereocenters. The van der Waals surface area contributed by atoms with Crippen molar-refractivity contribution in [1.82, 2.24) is 5.32 Å². The van der Waals surface area contributed by atoms with Gasteiger partial charge in [0.05, 0.1) is 6.10 Å². The Kier molecular flexibility index (Phi) is 1.52. The summed E-state index contributed by atoms with van der Waals surface area (Å²) < 4.78 is 5.66. The summed E-state index contributed by atoms with van der Waals surface area (Å²) in [4.78, 5) is 0. The van der Waals surface area contributed by atoms with Crippen LogP contribution in [0.25, 0.3) is 0 Å². The van der Waals surface area contributed by atoms with Crippen LogP contribution < -0.4 is 5.32 Å². The number of ether oxygens (including phenoxy) is 1. The largest absolute Gasteiger partial charge is 0.377 e. The molecule has 2 fully saturated rings. The highest BCUT2D eigenvalue weighted by molar-refractivity contribution is 5.10. The highest BCUT2D eigenvalue weighted by Gasteiger charge is 2.58. The first-order chi connectivity index (χ1) is 5.18. The summed E-state index contributed by atoms with van der Waals surface area (Å²) in [6.07, 6.45) is 1.78. The van der Waals surface area contributed by atoms with Gasteiger partial charge in [-0.15, -0.1) is 0 Å². The van der Waals surface area contributed by atoms with Gasteiger partial charge in [-0.2, -0.15) is 0 Å². The van der Waals surface area contributed by atoms with E-state index in [0.717, 1.165) is 12.5 Å². The van der Waals surface area contributed by atoms with E-state index in [0.29, 0.717) is 17.6 Å². The van der Waals surface area contributed by atoms with E-state index in [1.54, 1.807) is 0 Å². The molecule has 1 aliphatic carbocycles. The zero-order valence-electron chi connectivity index (χ0n) is 7.55. The molecule has 11 heavy (non-hydrogen) atoms. The Morgan fingerprint density at radius 3 is 2.82 bits per heavy atom. The van der Waals surface area contributed by atoms with Gasteiger partial charge in [0.25, 0.3) is 0 Å². The Bertz CT molecular complexity index is 167. The Morgan fingerprint density at radius 1 is 1.45 bits per heavy atom. The van der Waals surface area contributed by atoms with Crippen LogP contribution in [0.3, 0.4) is 0 Å². The molecule has 3 atom stereocenters. The van der Waals surface area contributed by atoms with Gasteiger partial charge in [-0.1, -0.05) is 13.8 Å². The molecule has 0 amide bonds. The van der Waals surface area contributed by atoms with Crippen molar-refractivity contribution in [3.05, 3.63) is 0 Å². The van der Waals surface area contributed by atoms with E-state index in [-0.39, 0.29) is 0 Å². The average Bonchev–Trinajstić information content (AvgIpc) is 2.34. The second-order valence-corrected chi connectivity index (χ2v) is 4.33. The SMILES string of the molecule is CN[C@@H]1[C@H]2CCO[C@H]2C1(C)C. The van der Waals surface area contributed by atoms with Crippen molar-refractivity contribution in [2.75, 3.05) is 13.7 Å². The van der Waals surface area contributed by atoms with Crippen molar-refractivity contribution >= 4 is 0 Å². The molecule has 2 heteroatoms. The van der Waals surface area contributed by atoms with Gasteiger partial charge in [-0.3, -0.25) is 0 Å². The highest BCUT2D eigenvalue weighted by atomic mass is 16.5. The van der Waals surface area contributed by atoms with Gasteiger partial charge in [0, 0.05) is 24.0 Å². The number of hydrogen-bond donors (Lipinski definition) is 1. The Balaban J connectivity index is 2.12. The van der Waals surface area contributed by atoms with Crippen molar-refractivity contribution in [3.63, 3.8) is 0 Å². The van der Waals surface area contributed by atoms with Crippen LogP contribution in [0.4, 0.5) is 0 Å². The Hall–Kier alpha value is -0.0800. The number of rotatable bonds is 1. The fourth-order valence-electron chi connectivity index (χ4n) is 2.91. The molecule has 64 valence electrons. The third kappa shape index (κ3) is 0.798. The van der Waals surface area contributed by atoms with Gasteiger partial charge in [-0.05, 0) is 13.5 Å². The monoisotopic (exact) mass is 155 g/mol. The van der Waals surface area contributed by atoms with Crippen molar-refractivity contribution in [2.45, 2.75) is 32.4 Å². The topological polar surface area (TPSA) is 21.3 Å². The predicted molar refractivity (Wildman–Crippen MR) is 44.5 cm³/mol. The first-order valence-corrected chi connectivity index (χ1v) is 4.47. The number of hydrogen-bond acceptors (Lipinski definition) is 2. The van der Waals surface area contributed by atoms with Crippen molar-refractivity contribution in [3.8, 4) is 0 Å². The van der Waals surface area contributed by atoms with E-state index in [2.05, 4.69) is 26.2 Å². The molecule has 1 saturated heterocycles. The lowest BCUT2D eigenvalue weighted by Gasteiger charge is -2.54. The Labute approximate surface area is 68.3 Å². The van der Waals surface area contributed by atoms with Crippen molar-refractivity contribution in [2.24, 2.45) is 11.3 Å². The van der Waals surface area contributed by atoms with Crippen LogP contribution in [0.5, 0.6) is 0 Å². The second-order valence-electron chi connectivity index (χ2n) is 4.33. The minimum absolute atomic E-state index is 0.357. The Morgan fingerprint density at radius 2 is 2.18 bits per heavy atom. The summed E-state index contributed by atoms with van der Waals surface area (Å²) in [5.41, 5.74) is 0.357. The van der Waals surface area contributed by atoms with Crippen molar-refractivity contribution < 1.29 is 4.74 Å². The van der Waals surface area contributed by atoms with Crippen LogP contribution in [0.2, 0.25) is 0 Å². The van der Waals surface area contributed by atoms with E-state index in [4.69, 9.17) is 4.74 Å². The van der Waals surface area contributed by atoms with Gasteiger partial charge >= 0.3 is 0 Å². The lowest BCUT2D eigenvalue weighted by molar-refractivity contribution is -0.110. The lowest BCUT2D eigenvalue weighted by Crippen LogP contribution is -2.65. The predicted octanol–water partition coefficient (Wildman–Crippen LogP) is 1.02. The van der Waals surface area contributed by atoms with E-state index >= 15 is 0 Å². The molecular formula is C9H17NO. The lowest BCUT2D eigenvalue weighted by atomic mass is 9.57. The molecule has 1 heterocycles. The third-order valence-electron chi connectivity index (χ3n) is 3.41. The fraction of sp³-hybridized carbons (Fsp3) is 1.00. The maximum Gasteiger partial charge on any atom is 0.0685 e. The zero-order valence-corrected chi connectivity index (χ0v) is 7.55. The standard InChI is InChI=1S/C9H17NO/c1-9(2)7(10-3)6-4-5-11-8(6)9/h6-8,10H,4-5H2,1-3H3/t6-,7-,8-/m1/s1. The van der Waals surface area contributed by atoms with Crippen LogP contribution in [0, 0.1) is 11.3 Å². The minimum atomic E-state index is 0.357. The molecule has 0 radical (unpaired) electrons. The van der Waals surface area contributed by atoms with Crippen LogP contribution in [0.15, 0.2) is 0 Å². The number of fused-ring (bicyclic) bond motifs is 1. The third-order valence-corrected chi connectivity index (χ3v) is 3.41. The summed E-state index contributed by atoms with van der Waals surface area (Å²) in [6.45, 7) is 5.55. The van der Waals surface area contributed by atoms with Crippen LogP contribution >= 0.6 is 0 Å². The first kappa shape index (κ1) is 7.56. The van der Waals surface area contributed by atoms with Gasteiger partial charge in [-0.25, -0.2) is 0 Å². The van der Waals surface area contributed by atoms with Crippen LogP contribution in [-0.2, 0) is 4.74 Å². The van der Waals surface area contributed by atoms with Gasteiger partial charge in [0.2, 0.25) is 0 Å². The minimum Gasteiger partial charge on any atom is -0.377 e. The van der Waals surface area contributed by atoms with E-state index in [9.17, 15) is 0 Å². The normalized spacial score (nSPS) is 46.6. The molecule has 0 bridgehead atoms. The van der Waals surface area contributed by atoms with Crippen molar-refractivity contribution in [1.29, 1.82) is 0 Å². The van der Waals surface area contributed by atoms with Crippen LogP contribution in [-0.4, -0.2) is 25.8 Å². The molecule has 2 aliphatic rings. The quantitative estimate of drug-likeness (QED) is 0.610. The number of nitrogens with one attached hydrogen (secondary N) is 1. The molecule has 2 rings (SSSR count). The van der Waals surface area contributed by atoms with Gasteiger partial charge < -0.3 is 10.1 Å². The summed E-state index contributed by atoms with van der Waals surface area (Å²) in [7, 11) is 2.06. The van der Waals surface area contributed by atoms with Gasteiger partial charge in [0.1, 0.15) is 0 Å². The summed E-state index contributed by atoms with van der Waals surface area (Å²) in [5.74, 6) is 0.787. The summed E-state index contributed by atoms with van der Waals surface area (Å²) >= 11 is 0. The van der Waals surface area contributed by atoms with Crippen LogP contribution in [0.1, 0.15) is 20.3 Å². The van der Waals surface area contributed by atoms with E-state index in [1.807, 2.05) is 0 Å². The molecule has 1 N–H and O–H groups in total. The summed E-state index contributed by atoms with van der Waals surface area (Å²) in [5, 5.41) is 3.38. The first-order valence-electron chi connectivity index (χ1n) is 4.47. The van der Waals surface area contributed by atoms with E-state index in [1.165, 1.54) is 6.42 Å². The molecule has 0 spiro atoms. The molecule has 1 aliphatic heterocycles. The summed E-state index contributed by atoms with van der Waals surface area (Å²) in [6, 6.07) is 0.676. The second kappa shape index (κ2) is 2.20. The maximum atomic E-state index is 5.66. The molecule has 1 saturated carbocycles. The smallest absolute Gasteiger partial charge is 0.0685 e. The molecule has 0 aromatic carbocycles. The molecule has 0 aromatic rings. The van der Waals surface area contributed by atoms with E-state index < -0.39 is 0 Å². The average molecular weight is 155 g/mol. The van der Waals surface area contributed by atoms with Gasteiger partial charge in [0.15, 0.2) is 0 Å². The molecular weight excluding hydrogens is 138 g/mol. The zero-order chi connectivity index (χ0) is 8.06. The highest BCUT2D eigenvalue weighted by Crippen LogP contribution is 2.51. The molecule has 0 aromatic heterocycles.